The number of nitrogens with one attached hydrogen (secondary N) is 1. The highest BCUT2D eigenvalue weighted by atomic mass is 15.1. The van der Waals surface area contributed by atoms with Crippen LogP contribution >= 0.6 is 0 Å². The Morgan fingerprint density at radius 2 is 1.79 bits per heavy atom. The third-order valence-corrected chi connectivity index (χ3v) is 3.50. The normalized spacial score (nSPS) is 22.3. The summed E-state index contributed by atoms with van der Waals surface area (Å²) in [6.45, 7) is 3.44. The van der Waals surface area contributed by atoms with Crippen molar-refractivity contribution >= 4 is 0 Å². The van der Waals surface area contributed by atoms with Gasteiger partial charge in [0.1, 0.15) is 0 Å². The first-order valence-corrected chi connectivity index (χ1v) is 6.11. The van der Waals surface area contributed by atoms with Gasteiger partial charge in [0, 0.05) is 18.6 Å². The van der Waals surface area contributed by atoms with Crippen molar-refractivity contribution in [3.8, 4) is 0 Å². The number of hydrogen-bond acceptors (Lipinski definition) is 2. The Labute approximate surface area is 89.1 Å². The predicted octanol–water partition coefficient (Wildman–Crippen LogP) is 2.25. The minimum absolute atomic E-state index is 0.614. The van der Waals surface area contributed by atoms with Gasteiger partial charge in [0.15, 0.2) is 0 Å². The first-order valence-electron chi connectivity index (χ1n) is 6.11. The van der Waals surface area contributed by atoms with E-state index in [1.165, 1.54) is 45.1 Å². The summed E-state index contributed by atoms with van der Waals surface area (Å²) in [6.07, 6.45) is 8.59. The van der Waals surface area contributed by atoms with Gasteiger partial charge in [-0.15, -0.1) is 0 Å². The summed E-state index contributed by atoms with van der Waals surface area (Å²) in [5, 5.41) is 3.31. The minimum atomic E-state index is 0.614. The molecule has 2 nitrogen and oxygen atoms in total. The van der Waals surface area contributed by atoms with Crippen molar-refractivity contribution in [3.05, 3.63) is 0 Å². The fraction of sp³-hybridized carbons (Fsp3) is 1.00. The largest absolute Gasteiger partial charge is 0.316 e. The molecule has 0 radical (unpaired) electrons. The smallest absolute Gasteiger partial charge is 0.0163 e. The molecule has 1 aliphatic carbocycles. The van der Waals surface area contributed by atoms with Crippen LogP contribution in [0.5, 0.6) is 0 Å². The van der Waals surface area contributed by atoms with Crippen LogP contribution < -0.4 is 5.32 Å². The van der Waals surface area contributed by atoms with Crippen LogP contribution in [0.4, 0.5) is 0 Å². The van der Waals surface area contributed by atoms with Gasteiger partial charge in [0.25, 0.3) is 0 Å². The maximum absolute atomic E-state index is 3.31. The fourth-order valence-electron chi connectivity index (χ4n) is 2.37. The average molecular weight is 198 g/mol. The van der Waals surface area contributed by atoms with Crippen LogP contribution in [0.2, 0.25) is 0 Å². The summed E-state index contributed by atoms with van der Waals surface area (Å²) in [5.74, 6) is 0. The molecule has 1 N–H and O–H groups in total. The van der Waals surface area contributed by atoms with Gasteiger partial charge >= 0.3 is 0 Å². The summed E-state index contributed by atoms with van der Waals surface area (Å²) in [4.78, 5) is 2.55. The molecule has 1 fully saturated rings. The summed E-state index contributed by atoms with van der Waals surface area (Å²) < 4.78 is 0. The Morgan fingerprint density at radius 3 is 2.29 bits per heavy atom. The van der Waals surface area contributed by atoms with Crippen molar-refractivity contribution in [2.45, 2.75) is 57.5 Å². The number of hydrogen-bond donors (Lipinski definition) is 1. The molecule has 1 saturated carbocycles. The first-order chi connectivity index (χ1) is 6.74. The lowest BCUT2D eigenvalue weighted by molar-refractivity contribution is 0.205. The number of likely N-dealkylation sites (N-methyl/N-ethyl adjacent to an activating group) is 2. The molecule has 0 amide bonds. The number of nitrogens with zero attached hydrogens (tertiary/aromatic N) is 1. The van der Waals surface area contributed by atoms with Crippen LogP contribution in [0, 0.1) is 0 Å². The van der Waals surface area contributed by atoms with E-state index in [0.717, 1.165) is 6.04 Å². The molecular weight excluding hydrogens is 172 g/mol. The lowest BCUT2D eigenvalue weighted by Crippen LogP contribution is -2.40. The topological polar surface area (TPSA) is 15.3 Å². The Hall–Kier alpha value is -0.0800. The van der Waals surface area contributed by atoms with E-state index in [2.05, 4.69) is 24.2 Å². The van der Waals surface area contributed by atoms with Crippen LogP contribution in [0.25, 0.3) is 0 Å². The van der Waals surface area contributed by atoms with Crippen LogP contribution in [0.1, 0.15) is 45.4 Å². The maximum atomic E-state index is 3.31. The van der Waals surface area contributed by atoms with Crippen molar-refractivity contribution in [3.63, 3.8) is 0 Å². The molecule has 0 heterocycles. The van der Waals surface area contributed by atoms with Gasteiger partial charge in [-0.1, -0.05) is 25.7 Å². The molecule has 1 rings (SSSR count). The molecule has 0 aromatic carbocycles. The molecule has 84 valence electrons. The SMILES string of the molecule is CNC(C)CN(C)C1CCCCCC1. The number of rotatable bonds is 4. The minimum Gasteiger partial charge on any atom is -0.316 e. The van der Waals surface area contributed by atoms with E-state index in [1.54, 1.807) is 0 Å². The van der Waals surface area contributed by atoms with Gasteiger partial charge in [-0.2, -0.15) is 0 Å². The highest BCUT2D eigenvalue weighted by Crippen LogP contribution is 2.20. The van der Waals surface area contributed by atoms with Gasteiger partial charge in [-0.3, -0.25) is 0 Å². The molecule has 1 atom stereocenters. The third kappa shape index (κ3) is 3.97. The monoisotopic (exact) mass is 198 g/mol. The predicted molar refractivity (Wildman–Crippen MR) is 62.6 cm³/mol. The molecule has 2 heteroatoms. The van der Waals surface area contributed by atoms with Gasteiger partial charge in [-0.05, 0) is 33.9 Å². The second-order valence-corrected chi connectivity index (χ2v) is 4.77. The lowest BCUT2D eigenvalue weighted by atomic mass is 10.1. The van der Waals surface area contributed by atoms with Crippen molar-refractivity contribution in [1.82, 2.24) is 10.2 Å². The standard InChI is InChI=1S/C12H26N2/c1-11(13-2)10-14(3)12-8-6-4-5-7-9-12/h11-13H,4-10H2,1-3H3. The molecule has 0 spiro atoms. The Morgan fingerprint density at radius 1 is 1.21 bits per heavy atom. The van der Waals surface area contributed by atoms with E-state index in [9.17, 15) is 0 Å². The third-order valence-electron chi connectivity index (χ3n) is 3.50. The second-order valence-electron chi connectivity index (χ2n) is 4.77. The molecule has 0 bridgehead atoms. The summed E-state index contributed by atoms with van der Waals surface area (Å²) in [6, 6.07) is 1.46. The van der Waals surface area contributed by atoms with E-state index in [0.29, 0.717) is 6.04 Å². The van der Waals surface area contributed by atoms with Crippen LogP contribution in [-0.4, -0.2) is 37.6 Å². The zero-order chi connectivity index (χ0) is 10.4. The van der Waals surface area contributed by atoms with E-state index in [1.807, 2.05) is 7.05 Å². The van der Waals surface area contributed by atoms with Gasteiger partial charge < -0.3 is 10.2 Å². The Kier molecular flexibility index (Phi) is 5.49. The molecule has 0 aliphatic heterocycles. The molecular formula is C12H26N2. The van der Waals surface area contributed by atoms with Crippen molar-refractivity contribution in [2.24, 2.45) is 0 Å². The van der Waals surface area contributed by atoms with E-state index >= 15 is 0 Å². The van der Waals surface area contributed by atoms with Crippen molar-refractivity contribution in [1.29, 1.82) is 0 Å². The van der Waals surface area contributed by atoms with Crippen LogP contribution in [0.3, 0.4) is 0 Å². The second kappa shape index (κ2) is 6.41. The van der Waals surface area contributed by atoms with Crippen molar-refractivity contribution in [2.75, 3.05) is 20.6 Å². The first kappa shape index (κ1) is 12.0. The van der Waals surface area contributed by atoms with Gasteiger partial charge in [-0.25, -0.2) is 0 Å². The van der Waals surface area contributed by atoms with Crippen LogP contribution in [-0.2, 0) is 0 Å². The molecule has 14 heavy (non-hydrogen) atoms. The zero-order valence-electron chi connectivity index (χ0n) is 10.1. The van der Waals surface area contributed by atoms with E-state index in [4.69, 9.17) is 0 Å². The average Bonchev–Trinajstić information content (AvgIpc) is 2.45. The highest BCUT2D eigenvalue weighted by Gasteiger charge is 2.17. The molecule has 0 aromatic heterocycles. The van der Waals surface area contributed by atoms with E-state index < -0.39 is 0 Å². The molecule has 0 saturated heterocycles. The summed E-state index contributed by atoms with van der Waals surface area (Å²) >= 11 is 0. The Bertz CT molecular complexity index is 139. The van der Waals surface area contributed by atoms with E-state index in [-0.39, 0.29) is 0 Å². The molecule has 1 unspecified atom stereocenters. The van der Waals surface area contributed by atoms with Gasteiger partial charge in [0.05, 0.1) is 0 Å². The summed E-state index contributed by atoms with van der Waals surface area (Å²) in [7, 11) is 4.33. The molecule has 0 aromatic rings. The van der Waals surface area contributed by atoms with Gasteiger partial charge in [0.2, 0.25) is 0 Å². The lowest BCUT2D eigenvalue weighted by Gasteiger charge is -2.29. The highest BCUT2D eigenvalue weighted by molar-refractivity contribution is 4.74. The zero-order valence-corrected chi connectivity index (χ0v) is 10.1. The maximum Gasteiger partial charge on any atom is 0.0163 e. The van der Waals surface area contributed by atoms with Crippen LogP contribution in [0.15, 0.2) is 0 Å². The van der Waals surface area contributed by atoms with Crippen molar-refractivity contribution < 1.29 is 0 Å². The summed E-state index contributed by atoms with van der Waals surface area (Å²) in [5.41, 5.74) is 0. The fourth-order valence-corrected chi connectivity index (χ4v) is 2.37. The quantitative estimate of drug-likeness (QED) is 0.697. The molecule has 1 aliphatic rings. The Balaban J connectivity index is 2.30.